The quantitative estimate of drug-likeness (QED) is 0.134. The molecule has 5 nitrogen and oxygen atoms in total. The average molecular weight is 417 g/mol. The Hall–Kier alpha value is -1.07. The van der Waals surface area contributed by atoms with Gasteiger partial charge in [0.05, 0.1) is 0 Å². The highest BCUT2D eigenvalue weighted by molar-refractivity contribution is 6.13. The van der Waals surface area contributed by atoms with E-state index in [-0.39, 0.29) is 12.3 Å². The van der Waals surface area contributed by atoms with Crippen molar-refractivity contribution in [3.63, 3.8) is 0 Å². The molecular formula is C22H41ClN2O3. The zero-order chi connectivity index (χ0) is 20.9. The van der Waals surface area contributed by atoms with Crippen LogP contribution in [0.25, 0.3) is 0 Å². The van der Waals surface area contributed by atoms with E-state index in [4.69, 9.17) is 16.9 Å². The maximum atomic E-state index is 11.8. The first-order valence-corrected chi connectivity index (χ1v) is 11.5. The second-order valence-corrected chi connectivity index (χ2v) is 7.73. The highest BCUT2D eigenvalue weighted by Crippen LogP contribution is 2.10. The average Bonchev–Trinajstić information content (AvgIpc) is 2.67. The molecule has 0 radical (unpaired) electrons. The Bertz CT molecular complexity index is 417. The Balaban J connectivity index is 3.47. The lowest BCUT2D eigenvalue weighted by molar-refractivity contribution is -0.142. The second-order valence-electron chi connectivity index (χ2n) is 7.46. The Labute approximate surface area is 176 Å². The topological polar surface area (TPSA) is 78.4 Å². The molecule has 0 fully saturated rings. The normalized spacial score (nSPS) is 12.4. The summed E-state index contributed by atoms with van der Waals surface area (Å²) in [5.41, 5.74) is 0. The van der Waals surface area contributed by atoms with E-state index >= 15 is 0 Å². The third-order valence-electron chi connectivity index (χ3n) is 4.83. The Morgan fingerprint density at radius 3 is 1.96 bits per heavy atom. The van der Waals surface area contributed by atoms with Crippen LogP contribution in [0.4, 0.5) is 0 Å². The zero-order valence-electron chi connectivity index (χ0n) is 17.7. The molecule has 164 valence electrons. The minimum Gasteiger partial charge on any atom is -0.480 e. The van der Waals surface area contributed by atoms with E-state index in [1.54, 1.807) is 0 Å². The first kappa shape index (κ1) is 26.9. The molecule has 0 rings (SSSR count). The smallest absolute Gasteiger partial charge is 0.326 e. The van der Waals surface area contributed by atoms with E-state index < -0.39 is 12.0 Å². The number of allylic oxidation sites excluding steroid dienone is 2. The van der Waals surface area contributed by atoms with Crippen molar-refractivity contribution in [2.75, 3.05) is 6.54 Å². The number of nitrogens with one attached hydrogen (secondary N) is 2. The molecule has 0 aliphatic carbocycles. The lowest BCUT2D eigenvalue weighted by Crippen LogP contribution is -2.41. The van der Waals surface area contributed by atoms with Crippen LogP contribution >= 0.6 is 11.8 Å². The molecule has 0 aromatic rings. The van der Waals surface area contributed by atoms with Gasteiger partial charge in [-0.3, -0.25) is 4.79 Å². The van der Waals surface area contributed by atoms with Crippen molar-refractivity contribution in [3.8, 4) is 0 Å². The van der Waals surface area contributed by atoms with Crippen LogP contribution in [0.15, 0.2) is 12.2 Å². The third-order valence-corrected chi connectivity index (χ3v) is 5.02. The van der Waals surface area contributed by atoms with Crippen LogP contribution in [-0.4, -0.2) is 29.6 Å². The monoisotopic (exact) mass is 416 g/mol. The van der Waals surface area contributed by atoms with Crippen molar-refractivity contribution in [1.29, 1.82) is 0 Å². The number of carboxylic acid groups (broad SMARTS) is 1. The lowest BCUT2D eigenvalue weighted by Gasteiger charge is -2.13. The first-order chi connectivity index (χ1) is 13.6. The molecule has 0 saturated heterocycles. The molecule has 0 bridgehead atoms. The summed E-state index contributed by atoms with van der Waals surface area (Å²) in [5.74, 6) is -1.22. The maximum Gasteiger partial charge on any atom is 0.326 e. The van der Waals surface area contributed by atoms with E-state index in [0.717, 1.165) is 25.7 Å². The molecule has 0 unspecified atom stereocenters. The number of hydrogen-bond donors (Lipinski definition) is 3. The van der Waals surface area contributed by atoms with Gasteiger partial charge in [0, 0.05) is 13.0 Å². The van der Waals surface area contributed by atoms with E-state index in [0.29, 0.717) is 13.0 Å². The first-order valence-electron chi connectivity index (χ1n) is 11.1. The summed E-state index contributed by atoms with van der Waals surface area (Å²) in [6.45, 7) is 2.59. The predicted octanol–water partition coefficient (Wildman–Crippen LogP) is 5.73. The van der Waals surface area contributed by atoms with E-state index in [9.17, 15) is 9.59 Å². The minimum absolute atomic E-state index is 0.195. The molecule has 1 atom stereocenters. The van der Waals surface area contributed by atoms with Crippen LogP contribution < -0.4 is 10.2 Å². The fourth-order valence-electron chi connectivity index (χ4n) is 3.08. The third kappa shape index (κ3) is 18.3. The highest BCUT2D eigenvalue weighted by Gasteiger charge is 2.18. The van der Waals surface area contributed by atoms with Gasteiger partial charge >= 0.3 is 5.97 Å². The summed E-state index contributed by atoms with van der Waals surface area (Å²) < 4.78 is 0. The summed E-state index contributed by atoms with van der Waals surface area (Å²) in [6, 6.07) is -0.873. The van der Waals surface area contributed by atoms with Gasteiger partial charge in [0.25, 0.3) is 0 Å². The maximum absolute atomic E-state index is 11.8. The summed E-state index contributed by atoms with van der Waals surface area (Å²) in [7, 11) is 0. The number of aliphatic carboxylic acids is 1. The number of hydrogen-bond acceptors (Lipinski definition) is 3. The van der Waals surface area contributed by atoms with Crippen molar-refractivity contribution in [2.24, 2.45) is 0 Å². The van der Waals surface area contributed by atoms with Crippen molar-refractivity contribution < 1.29 is 14.7 Å². The minimum atomic E-state index is -1.02. The molecule has 28 heavy (non-hydrogen) atoms. The molecule has 0 aromatic heterocycles. The molecule has 0 spiro atoms. The molecule has 0 aliphatic heterocycles. The Morgan fingerprint density at radius 1 is 0.893 bits per heavy atom. The number of unbranched alkanes of at least 4 members (excludes halogenated alkanes) is 11. The van der Waals surface area contributed by atoms with Gasteiger partial charge in [-0.1, -0.05) is 70.4 Å². The Kier molecular flexibility index (Phi) is 19.9. The van der Waals surface area contributed by atoms with Crippen LogP contribution in [0, 0.1) is 0 Å². The fourth-order valence-corrected chi connectivity index (χ4v) is 3.19. The van der Waals surface area contributed by atoms with Crippen LogP contribution in [0.1, 0.15) is 103 Å². The fraction of sp³-hybridized carbons (Fsp3) is 0.818. The van der Waals surface area contributed by atoms with Gasteiger partial charge in [0.2, 0.25) is 5.91 Å². The van der Waals surface area contributed by atoms with E-state index in [1.165, 1.54) is 57.8 Å². The SMILES string of the molecule is CCCCCCCC/C=C\CCCCCCCC(=O)N[C@@H](CCNCl)C(=O)O. The summed E-state index contributed by atoms with van der Waals surface area (Å²) in [4.78, 5) is 25.3. The highest BCUT2D eigenvalue weighted by atomic mass is 35.5. The van der Waals surface area contributed by atoms with Crippen LogP contribution in [0.2, 0.25) is 0 Å². The van der Waals surface area contributed by atoms with E-state index in [2.05, 4.69) is 29.2 Å². The van der Waals surface area contributed by atoms with Crippen LogP contribution in [-0.2, 0) is 9.59 Å². The molecule has 0 aromatic carbocycles. The Morgan fingerprint density at radius 2 is 1.43 bits per heavy atom. The van der Waals surface area contributed by atoms with Crippen LogP contribution in [0.3, 0.4) is 0 Å². The molecule has 0 heterocycles. The van der Waals surface area contributed by atoms with E-state index in [1.807, 2.05) is 0 Å². The molecule has 0 saturated carbocycles. The van der Waals surface area contributed by atoms with Gasteiger partial charge in [-0.2, -0.15) is 0 Å². The number of carbonyl (C=O) groups is 2. The van der Waals surface area contributed by atoms with Gasteiger partial charge in [0.1, 0.15) is 6.04 Å². The van der Waals surface area contributed by atoms with Crippen molar-refractivity contribution in [2.45, 2.75) is 109 Å². The summed E-state index contributed by atoms with van der Waals surface area (Å²) in [6.07, 6.45) is 21.1. The molecule has 6 heteroatoms. The molecule has 3 N–H and O–H groups in total. The van der Waals surface area contributed by atoms with Crippen molar-refractivity contribution >= 4 is 23.7 Å². The van der Waals surface area contributed by atoms with Gasteiger partial charge in [0.15, 0.2) is 0 Å². The molecule has 0 aliphatic rings. The number of halogens is 1. The van der Waals surface area contributed by atoms with Crippen LogP contribution in [0.5, 0.6) is 0 Å². The van der Waals surface area contributed by atoms with Gasteiger partial charge in [-0.15, -0.1) is 0 Å². The number of carboxylic acids is 1. The number of amides is 1. The standard InChI is InChI=1S/C22H41ClN2O3/c1-2-3-4-5-6-7-8-9-10-11-12-13-14-15-16-17-21(26)25-20(22(27)28)18-19-24-23/h9-10,20,24H,2-8,11-19H2,1H3,(H,25,26)(H,27,28)/b10-9-/t20-/m0/s1. The van der Waals surface area contributed by atoms with Gasteiger partial charge in [-0.25, -0.2) is 9.63 Å². The van der Waals surface area contributed by atoms with Crippen molar-refractivity contribution in [1.82, 2.24) is 10.2 Å². The molecule has 1 amide bonds. The summed E-state index contributed by atoms with van der Waals surface area (Å²) >= 11 is 5.33. The zero-order valence-corrected chi connectivity index (χ0v) is 18.4. The second kappa shape index (κ2) is 20.7. The summed E-state index contributed by atoms with van der Waals surface area (Å²) in [5, 5.41) is 11.6. The van der Waals surface area contributed by atoms with Gasteiger partial charge < -0.3 is 10.4 Å². The van der Waals surface area contributed by atoms with Gasteiger partial charge in [-0.05, 0) is 50.3 Å². The largest absolute Gasteiger partial charge is 0.480 e. The lowest BCUT2D eigenvalue weighted by atomic mass is 10.1. The number of rotatable bonds is 20. The van der Waals surface area contributed by atoms with Crippen molar-refractivity contribution in [3.05, 3.63) is 12.2 Å². The molecular weight excluding hydrogens is 376 g/mol. The predicted molar refractivity (Wildman–Crippen MR) is 117 cm³/mol. The number of carbonyl (C=O) groups excluding carboxylic acids is 1.